The van der Waals surface area contributed by atoms with E-state index in [2.05, 4.69) is 58.7 Å². The molecule has 92 valence electrons. The normalized spacial score (nSPS) is 12.1. The number of rotatable bonds is 4. The molecule has 0 aromatic carbocycles. The zero-order valence-corrected chi connectivity index (χ0v) is 12.5. The van der Waals surface area contributed by atoms with E-state index in [9.17, 15) is 0 Å². The first-order chi connectivity index (χ1) is 7.35. The number of aryl methyl sites for hydroxylation is 2. The highest BCUT2D eigenvalue weighted by Gasteiger charge is 2.13. The molecular weight excluding hydrogens is 266 g/mol. The van der Waals surface area contributed by atoms with Gasteiger partial charge in [-0.3, -0.25) is 4.68 Å². The first-order valence-corrected chi connectivity index (χ1v) is 6.61. The monoisotopic (exact) mass is 287 g/mol. The first kappa shape index (κ1) is 13.7. The Morgan fingerprint density at radius 2 is 2.00 bits per heavy atom. The van der Waals surface area contributed by atoms with Crippen LogP contribution in [0.2, 0.25) is 0 Å². The van der Waals surface area contributed by atoms with E-state index in [-0.39, 0.29) is 5.54 Å². The van der Waals surface area contributed by atoms with E-state index in [1.807, 2.05) is 6.92 Å². The number of nitrogens with one attached hydrogen (secondary N) is 1. The Bertz CT molecular complexity index is 350. The Morgan fingerprint density at radius 3 is 2.50 bits per heavy atom. The summed E-state index contributed by atoms with van der Waals surface area (Å²) in [5.74, 6) is 0. The predicted molar refractivity (Wildman–Crippen MR) is 71.8 cm³/mol. The van der Waals surface area contributed by atoms with Crippen LogP contribution in [0, 0.1) is 6.92 Å². The number of halogens is 1. The first-order valence-electron chi connectivity index (χ1n) is 5.82. The molecule has 3 nitrogen and oxygen atoms in total. The number of nitrogens with zero attached hydrogens (tertiary/aromatic N) is 2. The van der Waals surface area contributed by atoms with Crippen molar-refractivity contribution in [2.45, 2.75) is 53.1 Å². The summed E-state index contributed by atoms with van der Waals surface area (Å²) in [6, 6.07) is 0. The summed E-state index contributed by atoms with van der Waals surface area (Å²) in [6.45, 7) is 12.6. The Labute approximate surface area is 107 Å². The maximum Gasteiger partial charge on any atom is 0.0738 e. The summed E-state index contributed by atoms with van der Waals surface area (Å²) >= 11 is 3.61. The molecule has 1 rings (SSSR count). The lowest BCUT2D eigenvalue weighted by Gasteiger charge is -2.20. The number of hydrogen-bond donors (Lipinski definition) is 1. The Morgan fingerprint density at radius 1 is 1.38 bits per heavy atom. The summed E-state index contributed by atoms with van der Waals surface area (Å²) in [5, 5.41) is 7.98. The zero-order valence-electron chi connectivity index (χ0n) is 10.9. The second-order valence-corrected chi connectivity index (χ2v) is 5.88. The summed E-state index contributed by atoms with van der Waals surface area (Å²) in [7, 11) is 0. The highest BCUT2D eigenvalue weighted by Crippen LogP contribution is 2.21. The van der Waals surface area contributed by atoms with Crippen LogP contribution in [0.1, 0.15) is 39.1 Å². The van der Waals surface area contributed by atoms with Gasteiger partial charge in [0.25, 0.3) is 0 Å². The van der Waals surface area contributed by atoms with Crippen LogP contribution in [-0.2, 0) is 13.0 Å². The number of hydrogen-bond acceptors (Lipinski definition) is 2. The quantitative estimate of drug-likeness (QED) is 0.923. The van der Waals surface area contributed by atoms with Gasteiger partial charge in [0.1, 0.15) is 0 Å². The average Bonchev–Trinajstić information content (AvgIpc) is 2.43. The van der Waals surface area contributed by atoms with Gasteiger partial charge in [-0.25, -0.2) is 0 Å². The third kappa shape index (κ3) is 3.59. The van der Waals surface area contributed by atoms with Crippen molar-refractivity contribution in [1.29, 1.82) is 0 Å². The molecule has 0 bridgehead atoms. The SMILES string of the molecule is CCn1nc(C)c(Br)c1CCNC(C)(C)C. The zero-order chi connectivity index (χ0) is 12.3. The standard InChI is InChI=1S/C12H22BrN3/c1-6-16-10(11(13)9(2)15-16)7-8-14-12(3,4)5/h14H,6-8H2,1-5H3. The van der Waals surface area contributed by atoms with Crippen LogP contribution in [0.25, 0.3) is 0 Å². The topological polar surface area (TPSA) is 29.9 Å². The third-order valence-corrected chi connectivity index (χ3v) is 3.50. The van der Waals surface area contributed by atoms with Crippen LogP contribution < -0.4 is 5.32 Å². The average molecular weight is 288 g/mol. The van der Waals surface area contributed by atoms with Gasteiger partial charge in [0.2, 0.25) is 0 Å². The van der Waals surface area contributed by atoms with Crippen LogP contribution in [0.15, 0.2) is 4.47 Å². The van der Waals surface area contributed by atoms with Gasteiger partial charge >= 0.3 is 0 Å². The molecule has 1 N–H and O–H groups in total. The summed E-state index contributed by atoms with van der Waals surface area (Å²) < 4.78 is 3.23. The molecule has 0 aliphatic carbocycles. The maximum atomic E-state index is 4.49. The Kier molecular flexibility index (Phi) is 4.56. The van der Waals surface area contributed by atoms with Gasteiger partial charge in [0.05, 0.1) is 15.9 Å². The highest BCUT2D eigenvalue weighted by molar-refractivity contribution is 9.10. The molecule has 0 saturated carbocycles. The van der Waals surface area contributed by atoms with E-state index in [0.717, 1.165) is 29.7 Å². The van der Waals surface area contributed by atoms with Crippen molar-refractivity contribution in [2.75, 3.05) is 6.54 Å². The van der Waals surface area contributed by atoms with E-state index in [1.165, 1.54) is 5.69 Å². The number of aromatic nitrogens is 2. The van der Waals surface area contributed by atoms with Crippen molar-refractivity contribution < 1.29 is 0 Å². The lowest BCUT2D eigenvalue weighted by atomic mass is 10.1. The van der Waals surface area contributed by atoms with Crippen LogP contribution >= 0.6 is 15.9 Å². The largest absolute Gasteiger partial charge is 0.312 e. The smallest absolute Gasteiger partial charge is 0.0738 e. The van der Waals surface area contributed by atoms with Gasteiger partial charge in [0.15, 0.2) is 0 Å². The lowest BCUT2D eigenvalue weighted by Crippen LogP contribution is -2.37. The Hall–Kier alpha value is -0.350. The summed E-state index contributed by atoms with van der Waals surface area (Å²) in [5.41, 5.74) is 2.54. The minimum absolute atomic E-state index is 0.179. The van der Waals surface area contributed by atoms with Gasteiger partial charge < -0.3 is 5.32 Å². The van der Waals surface area contributed by atoms with Crippen LogP contribution in [-0.4, -0.2) is 21.9 Å². The fourth-order valence-corrected chi connectivity index (χ4v) is 2.15. The summed E-state index contributed by atoms with van der Waals surface area (Å²) in [6.07, 6.45) is 1.01. The van der Waals surface area contributed by atoms with Gasteiger partial charge in [-0.2, -0.15) is 5.10 Å². The van der Waals surface area contributed by atoms with Gasteiger partial charge in [-0.15, -0.1) is 0 Å². The van der Waals surface area contributed by atoms with Crippen molar-refractivity contribution in [3.8, 4) is 0 Å². The fourth-order valence-electron chi connectivity index (χ4n) is 1.66. The van der Waals surface area contributed by atoms with E-state index in [1.54, 1.807) is 0 Å². The van der Waals surface area contributed by atoms with E-state index >= 15 is 0 Å². The van der Waals surface area contributed by atoms with Crippen molar-refractivity contribution >= 4 is 15.9 Å². The molecule has 0 spiro atoms. The molecule has 0 fully saturated rings. The van der Waals surface area contributed by atoms with Crippen LogP contribution in [0.4, 0.5) is 0 Å². The van der Waals surface area contributed by atoms with Gasteiger partial charge in [-0.1, -0.05) is 0 Å². The second-order valence-electron chi connectivity index (χ2n) is 5.09. The molecule has 0 atom stereocenters. The van der Waals surface area contributed by atoms with Crippen LogP contribution in [0.5, 0.6) is 0 Å². The molecule has 1 heterocycles. The Balaban J connectivity index is 2.66. The van der Waals surface area contributed by atoms with Crippen molar-refractivity contribution in [1.82, 2.24) is 15.1 Å². The molecular formula is C12H22BrN3. The molecule has 0 radical (unpaired) electrons. The molecule has 1 aromatic heterocycles. The molecule has 0 amide bonds. The molecule has 16 heavy (non-hydrogen) atoms. The van der Waals surface area contributed by atoms with E-state index in [0.29, 0.717) is 0 Å². The van der Waals surface area contributed by atoms with Crippen molar-refractivity contribution in [2.24, 2.45) is 0 Å². The van der Waals surface area contributed by atoms with Gasteiger partial charge in [-0.05, 0) is 50.5 Å². The molecule has 0 saturated heterocycles. The van der Waals surface area contributed by atoms with E-state index in [4.69, 9.17) is 0 Å². The van der Waals surface area contributed by atoms with Gasteiger partial charge in [0, 0.05) is 25.0 Å². The highest BCUT2D eigenvalue weighted by atomic mass is 79.9. The van der Waals surface area contributed by atoms with E-state index < -0.39 is 0 Å². The predicted octanol–water partition coefficient (Wildman–Crippen LogP) is 2.90. The molecule has 1 aromatic rings. The summed E-state index contributed by atoms with van der Waals surface area (Å²) in [4.78, 5) is 0. The van der Waals surface area contributed by atoms with Crippen molar-refractivity contribution in [3.05, 3.63) is 15.9 Å². The van der Waals surface area contributed by atoms with Crippen LogP contribution in [0.3, 0.4) is 0 Å². The maximum absolute atomic E-state index is 4.49. The second kappa shape index (κ2) is 5.32. The minimum atomic E-state index is 0.179. The van der Waals surface area contributed by atoms with Crippen molar-refractivity contribution in [3.63, 3.8) is 0 Å². The molecule has 4 heteroatoms. The lowest BCUT2D eigenvalue weighted by molar-refractivity contribution is 0.425. The fraction of sp³-hybridized carbons (Fsp3) is 0.750. The molecule has 0 aliphatic heterocycles. The molecule has 0 unspecified atom stereocenters. The minimum Gasteiger partial charge on any atom is -0.312 e. The third-order valence-electron chi connectivity index (χ3n) is 2.47. The molecule has 0 aliphatic rings.